The third kappa shape index (κ3) is 4.29. The van der Waals surface area contributed by atoms with Crippen molar-refractivity contribution in [3.8, 4) is 17.6 Å². The van der Waals surface area contributed by atoms with Crippen molar-refractivity contribution in [2.75, 3.05) is 19.8 Å². The van der Waals surface area contributed by atoms with Gasteiger partial charge in [0.15, 0.2) is 11.5 Å². The zero-order valence-electron chi connectivity index (χ0n) is 15.8. The van der Waals surface area contributed by atoms with E-state index in [1.54, 1.807) is 29.2 Å². The Morgan fingerprint density at radius 3 is 2.68 bits per heavy atom. The molecule has 5 nitrogen and oxygen atoms in total. The van der Waals surface area contributed by atoms with Gasteiger partial charge in [-0.25, -0.2) is 0 Å². The second-order valence-electron chi connectivity index (χ2n) is 6.39. The minimum Gasteiger partial charge on any atom is -0.486 e. The second-order valence-corrected chi connectivity index (χ2v) is 6.80. The van der Waals surface area contributed by atoms with Crippen LogP contribution in [0.5, 0.6) is 11.5 Å². The van der Waals surface area contributed by atoms with E-state index < -0.39 is 0 Å². The molecule has 1 amide bonds. The van der Waals surface area contributed by atoms with Crippen molar-refractivity contribution in [3.63, 3.8) is 0 Å². The van der Waals surface area contributed by atoms with Crippen LogP contribution in [0.3, 0.4) is 0 Å². The van der Waals surface area contributed by atoms with Crippen molar-refractivity contribution in [2.45, 2.75) is 19.9 Å². The van der Waals surface area contributed by atoms with Gasteiger partial charge < -0.3 is 14.4 Å². The molecule has 0 spiro atoms. The summed E-state index contributed by atoms with van der Waals surface area (Å²) in [6, 6.07) is 12.8. The van der Waals surface area contributed by atoms with E-state index in [0.29, 0.717) is 41.8 Å². The summed E-state index contributed by atoms with van der Waals surface area (Å²) in [6.07, 6.45) is 3.26. The van der Waals surface area contributed by atoms with Crippen molar-refractivity contribution in [2.24, 2.45) is 0 Å². The van der Waals surface area contributed by atoms with E-state index in [1.165, 1.54) is 6.08 Å². The number of carbonyl (C=O) groups is 1. The molecule has 6 heteroatoms. The number of fused-ring (bicyclic) bond motifs is 1. The van der Waals surface area contributed by atoms with E-state index in [4.69, 9.17) is 26.3 Å². The van der Waals surface area contributed by atoms with Crippen molar-refractivity contribution in [1.29, 1.82) is 5.26 Å². The van der Waals surface area contributed by atoms with Gasteiger partial charge in [0, 0.05) is 12.6 Å². The van der Waals surface area contributed by atoms with Gasteiger partial charge >= 0.3 is 0 Å². The van der Waals surface area contributed by atoms with Gasteiger partial charge in [-0.2, -0.15) is 5.26 Å². The number of likely N-dealkylation sites (N-methyl/N-ethyl adjacent to an activating group) is 1. The van der Waals surface area contributed by atoms with Gasteiger partial charge in [0.05, 0.1) is 22.7 Å². The van der Waals surface area contributed by atoms with Crippen molar-refractivity contribution < 1.29 is 14.3 Å². The van der Waals surface area contributed by atoms with E-state index in [2.05, 4.69) is 6.07 Å². The Labute approximate surface area is 169 Å². The molecule has 144 valence electrons. The Kier molecular flexibility index (Phi) is 6.23. The lowest BCUT2D eigenvalue weighted by Gasteiger charge is -2.27. The lowest BCUT2D eigenvalue weighted by Crippen LogP contribution is -2.32. The predicted octanol–water partition coefficient (Wildman–Crippen LogP) is 4.61. The summed E-state index contributed by atoms with van der Waals surface area (Å²) in [5, 5.41) is 9.39. The topological polar surface area (TPSA) is 62.6 Å². The molecule has 1 unspecified atom stereocenters. The van der Waals surface area contributed by atoms with Crippen LogP contribution in [0.15, 0.2) is 42.5 Å². The molecule has 0 saturated carbocycles. The minimum atomic E-state index is -0.112. The highest BCUT2D eigenvalue weighted by Crippen LogP contribution is 2.38. The third-order valence-electron chi connectivity index (χ3n) is 4.65. The molecule has 2 aromatic rings. The van der Waals surface area contributed by atoms with E-state index in [-0.39, 0.29) is 11.9 Å². The number of hydrogen-bond donors (Lipinski definition) is 0. The van der Waals surface area contributed by atoms with Crippen LogP contribution < -0.4 is 9.47 Å². The fraction of sp³-hybridized carbons (Fsp3) is 0.273. The number of amides is 1. The first-order valence-corrected chi connectivity index (χ1v) is 9.49. The summed E-state index contributed by atoms with van der Waals surface area (Å²) >= 11 is 6.25. The van der Waals surface area contributed by atoms with Gasteiger partial charge in [-0.05, 0) is 55.3 Å². The number of hydrogen-bond acceptors (Lipinski definition) is 4. The van der Waals surface area contributed by atoms with Gasteiger partial charge in [-0.15, -0.1) is 0 Å². The molecule has 1 aliphatic rings. The van der Waals surface area contributed by atoms with Gasteiger partial charge in [-0.1, -0.05) is 23.7 Å². The molecular weight excluding hydrogens is 376 g/mol. The standard InChI is InChI=1S/C22H21ClN2O3/c1-3-25(15(2)18-7-4-16(14-24)5-8-18)21(26)9-6-17-12-19(23)22-20(13-17)27-10-11-28-22/h4-9,12-13,15H,3,10-11H2,1-2H3/b9-6+. The maximum absolute atomic E-state index is 12.8. The van der Waals surface area contributed by atoms with E-state index >= 15 is 0 Å². The maximum atomic E-state index is 12.8. The van der Waals surface area contributed by atoms with E-state index in [9.17, 15) is 4.79 Å². The second kappa shape index (κ2) is 8.81. The smallest absolute Gasteiger partial charge is 0.247 e. The van der Waals surface area contributed by atoms with Crippen molar-refractivity contribution in [3.05, 3.63) is 64.2 Å². The molecule has 0 radical (unpaired) electrons. The number of rotatable bonds is 5. The van der Waals surface area contributed by atoms with Crippen LogP contribution in [0.2, 0.25) is 5.02 Å². The fourth-order valence-electron chi connectivity index (χ4n) is 3.13. The summed E-state index contributed by atoms with van der Waals surface area (Å²) < 4.78 is 11.1. The summed E-state index contributed by atoms with van der Waals surface area (Å²) in [5.74, 6) is 1.02. The highest BCUT2D eigenvalue weighted by molar-refractivity contribution is 6.32. The summed E-state index contributed by atoms with van der Waals surface area (Å²) in [7, 11) is 0. The summed E-state index contributed by atoms with van der Waals surface area (Å²) in [4.78, 5) is 14.5. The Morgan fingerprint density at radius 1 is 1.29 bits per heavy atom. The maximum Gasteiger partial charge on any atom is 0.247 e. The summed E-state index contributed by atoms with van der Waals surface area (Å²) in [6.45, 7) is 5.41. The van der Waals surface area contributed by atoms with Crippen LogP contribution in [0.25, 0.3) is 6.08 Å². The number of benzene rings is 2. The van der Waals surface area contributed by atoms with E-state index in [0.717, 1.165) is 11.1 Å². The first kappa shape index (κ1) is 19.8. The van der Waals surface area contributed by atoms with Crippen LogP contribution in [-0.4, -0.2) is 30.6 Å². The minimum absolute atomic E-state index is 0.106. The molecular formula is C22H21ClN2O3. The average Bonchev–Trinajstić information content (AvgIpc) is 2.73. The zero-order chi connectivity index (χ0) is 20.1. The Morgan fingerprint density at radius 2 is 2.00 bits per heavy atom. The number of carbonyl (C=O) groups excluding carboxylic acids is 1. The Hall–Kier alpha value is -2.97. The van der Waals surface area contributed by atoms with Crippen LogP contribution in [0.4, 0.5) is 0 Å². The molecule has 0 aromatic heterocycles. The lowest BCUT2D eigenvalue weighted by molar-refractivity contribution is -0.127. The zero-order valence-corrected chi connectivity index (χ0v) is 16.6. The average molecular weight is 397 g/mol. The number of nitrogens with zero attached hydrogens (tertiary/aromatic N) is 2. The molecule has 0 saturated heterocycles. The first-order chi connectivity index (χ1) is 13.5. The van der Waals surface area contributed by atoms with Gasteiger partial charge in [0.2, 0.25) is 5.91 Å². The molecule has 0 fully saturated rings. The molecule has 1 atom stereocenters. The predicted molar refractivity (Wildman–Crippen MR) is 108 cm³/mol. The van der Waals surface area contributed by atoms with Gasteiger partial charge in [0.1, 0.15) is 13.2 Å². The Balaban J connectivity index is 1.76. The van der Waals surface area contributed by atoms with Crippen LogP contribution in [-0.2, 0) is 4.79 Å². The van der Waals surface area contributed by atoms with Crippen molar-refractivity contribution >= 4 is 23.6 Å². The normalized spacial score (nSPS) is 13.8. The van der Waals surface area contributed by atoms with Crippen LogP contribution >= 0.6 is 11.6 Å². The number of halogens is 1. The van der Waals surface area contributed by atoms with Gasteiger partial charge in [0.25, 0.3) is 0 Å². The molecule has 28 heavy (non-hydrogen) atoms. The molecule has 2 aromatic carbocycles. The summed E-state index contributed by atoms with van der Waals surface area (Å²) in [5.41, 5.74) is 2.34. The first-order valence-electron chi connectivity index (χ1n) is 9.11. The Bertz CT molecular complexity index is 932. The fourth-order valence-corrected chi connectivity index (χ4v) is 3.40. The molecule has 0 aliphatic carbocycles. The molecule has 0 N–H and O–H groups in total. The molecule has 0 bridgehead atoms. The molecule has 3 rings (SSSR count). The molecule has 1 heterocycles. The lowest BCUT2D eigenvalue weighted by atomic mass is 10.0. The highest BCUT2D eigenvalue weighted by Gasteiger charge is 2.19. The monoisotopic (exact) mass is 396 g/mol. The number of ether oxygens (including phenoxy) is 2. The van der Waals surface area contributed by atoms with E-state index in [1.807, 2.05) is 32.0 Å². The van der Waals surface area contributed by atoms with Crippen molar-refractivity contribution in [1.82, 2.24) is 4.90 Å². The SMILES string of the molecule is CCN(C(=O)/C=C/c1cc(Cl)c2c(c1)OCCO2)C(C)c1ccc(C#N)cc1. The van der Waals surface area contributed by atoms with Crippen LogP contribution in [0, 0.1) is 11.3 Å². The van der Waals surface area contributed by atoms with Gasteiger partial charge in [-0.3, -0.25) is 4.79 Å². The third-order valence-corrected chi connectivity index (χ3v) is 4.93. The van der Waals surface area contributed by atoms with Crippen LogP contribution in [0.1, 0.15) is 36.6 Å². The quantitative estimate of drug-likeness (QED) is 0.692. The largest absolute Gasteiger partial charge is 0.486 e. The molecule has 1 aliphatic heterocycles. The number of nitriles is 1. The highest BCUT2D eigenvalue weighted by atomic mass is 35.5.